The zero-order valence-electron chi connectivity index (χ0n) is 3.10. The van der Waals surface area contributed by atoms with Crippen LogP contribution in [-0.2, 0) is 16.8 Å². The second kappa shape index (κ2) is 7.09. The molecular formula is CCoF6. The average Bonchev–Trinajstić information content (AvgIpc) is 0.722. The van der Waals surface area contributed by atoms with Gasteiger partial charge in [0.1, 0.15) is 0 Å². The van der Waals surface area contributed by atoms with E-state index in [-0.39, 0.29) is 26.2 Å². The Hall–Kier alpha value is 0.0865. The molecule has 0 fully saturated rings. The first kappa shape index (κ1) is 24.3. The molecule has 0 aliphatic rings. The van der Waals surface area contributed by atoms with Crippen molar-refractivity contribution in [1.29, 1.82) is 0 Å². The maximum atomic E-state index is 9.69. The van der Waals surface area contributed by atoms with Crippen LogP contribution < -0.4 is 9.41 Å². The summed E-state index contributed by atoms with van der Waals surface area (Å²) in [4.78, 5) is 0. The Bertz CT molecular complexity index is 24.0. The molecule has 0 heterocycles. The van der Waals surface area contributed by atoms with E-state index in [1.807, 2.05) is 0 Å². The summed E-state index contributed by atoms with van der Waals surface area (Å²) in [5.41, 5.74) is 0. The molecule has 0 rings (SSSR count). The van der Waals surface area contributed by atoms with E-state index in [1.165, 1.54) is 0 Å². The van der Waals surface area contributed by atoms with Crippen LogP contribution in [-0.4, -0.2) is 6.43 Å². The van der Waals surface area contributed by atoms with Crippen molar-refractivity contribution in [3.63, 3.8) is 0 Å². The molecule has 0 bridgehead atoms. The number of halogens is 6. The van der Waals surface area contributed by atoms with Gasteiger partial charge < -0.3 is 9.41 Å². The van der Waals surface area contributed by atoms with E-state index in [0.29, 0.717) is 0 Å². The summed E-state index contributed by atoms with van der Waals surface area (Å²) in [6.07, 6.45) is -5.50. The Morgan fingerprint density at radius 3 is 0.750 bits per heavy atom. The van der Waals surface area contributed by atoms with E-state index in [1.54, 1.807) is 0 Å². The predicted octanol–water partition coefficient (Wildman–Crippen LogP) is -4.52. The Kier molecular flexibility index (Phi) is 21.5. The van der Waals surface area contributed by atoms with Crippen molar-refractivity contribution in [3.05, 3.63) is 0 Å². The van der Waals surface area contributed by atoms with Crippen LogP contribution >= 0.6 is 0 Å². The molecule has 1 radical (unpaired) electrons. The Morgan fingerprint density at radius 2 is 0.750 bits per heavy atom. The summed E-state index contributed by atoms with van der Waals surface area (Å²) in [6.45, 7) is 0. The van der Waals surface area contributed by atoms with E-state index in [2.05, 4.69) is 0 Å². The first-order valence-electron chi connectivity index (χ1n) is 0.756. The van der Waals surface area contributed by atoms with Gasteiger partial charge >= 0.3 is 23.2 Å². The van der Waals surface area contributed by atoms with Crippen molar-refractivity contribution in [3.8, 4) is 0 Å². The summed E-state index contributed by atoms with van der Waals surface area (Å²) in [7, 11) is 0. The van der Waals surface area contributed by atoms with Crippen molar-refractivity contribution in [2.45, 2.75) is 6.43 Å². The largest absolute Gasteiger partial charge is 2.00 e. The van der Waals surface area contributed by atoms with Crippen LogP contribution in [0.2, 0.25) is 0 Å². The maximum Gasteiger partial charge on any atom is 2.00 e. The van der Waals surface area contributed by atoms with E-state index in [0.717, 1.165) is 0 Å². The minimum absolute atomic E-state index is 0. The molecule has 0 unspecified atom stereocenters. The molecule has 0 aliphatic heterocycles. The van der Waals surface area contributed by atoms with Gasteiger partial charge in [0.25, 0.3) is 0 Å². The van der Waals surface area contributed by atoms with E-state index in [9.17, 15) is 17.6 Å². The second-order valence-electron chi connectivity index (χ2n) is 0.429. The van der Waals surface area contributed by atoms with Crippen molar-refractivity contribution >= 4 is 0 Å². The van der Waals surface area contributed by atoms with Crippen LogP contribution in [0.3, 0.4) is 0 Å². The van der Waals surface area contributed by atoms with Crippen molar-refractivity contribution < 1.29 is 43.7 Å². The van der Waals surface area contributed by atoms with E-state index < -0.39 is 6.43 Å². The predicted molar refractivity (Wildman–Crippen MR) is 7.16 cm³/mol. The third-order valence-corrected chi connectivity index (χ3v) is 0. The summed E-state index contributed by atoms with van der Waals surface area (Å²) in [5.74, 6) is 0. The number of rotatable bonds is 0. The smallest absolute Gasteiger partial charge is 1.00 e. The molecule has 7 heteroatoms. The van der Waals surface area contributed by atoms with Gasteiger partial charge in [-0.3, -0.25) is 0 Å². The maximum absolute atomic E-state index is 9.69. The van der Waals surface area contributed by atoms with Crippen LogP contribution in [0.5, 0.6) is 0 Å². The molecule has 8 heavy (non-hydrogen) atoms. The van der Waals surface area contributed by atoms with Gasteiger partial charge in [-0.1, -0.05) is 0 Å². The van der Waals surface area contributed by atoms with Crippen molar-refractivity contribution in [2.75, 3.05) is 0 Å². The topological polar surface area (TPSA) is 0 Å². The van der Waals surface area contributed by atoms with Gasteiger partial charge in [0.15, 0.2) is 0 Å². The molecule has 0 saturated carbocycles. The first-order chi connectivity index (χ1) is 2.00. The summed E-state index contributed by atoms with van der Waals surface area (Å²) < 4.78 is 38.8. The van der Waals surface area contributed by atoms with Crippen LogP contribution in [0.15, 0.2) is 0 Å². The standard InChI is InChI=1S/CF4.Co.2FH/c2-1(3,4)5;;;/h;;2*1H/q;+2;;/p-2. The van der Waals surface area contributed by atoms with Gasteiger partial charge in [0.05, 0.1) is 0 Å². The molecule has 0 amide bonds. The zero-order valence-corrected chi connectivity index (χ0v) is 4.14. The molecule has 0 nitrogen and oxygen atoms in total. The molecule has 0 aromatic heterocycles. The SMILES string of the molecule is FC(F)(F)F.[Co+2].[F-].[F-]. The average molecular weight is 185 g/mol. The third-order valence-electron chi connectivity index (χ3n) is 0. The van der Waals surface area contributed by atoms with Crippen LogP contribution in [0.1, 0.15) is 0 Å². The van der Waals surface area contributed by atoms with Gasteiger partial charge in [-0.05, 0) is 0 Å². The molecule has 0 aliphatic carbocycles. The van der Waals surface area contributed by atoms with Gasteiger partial charge in [-0.25, -0.2) is 0 Å². The fourth-order valence-corrected chi connectivity index (χ4v) is 0. The normalized spacial score (nSPS) is 7.50. The fraction of sp³-hybridized carbons (Fsp3) is 1.00. The van der Waals surface area contributed by atoms with Crippen LogP contribution in [0, 0.1) is 0 Å². The molecule has 0 aromatic rings. The number of alkyl halides is 4. The minimum Gasteiger partial charge on any atom is -1.00 e. The Labute approximate surface area is 51.2 Å². The molecule has 0 N–H and O–H groups in total. The monoisotopic (exact) mass is 185 g/mol. The van der Waals surface area contributed by atoms with Crippen LogP contribution in [0.4, 0.5) is 17.6 Å². The Morgan fingerprint density at radius 1 is 0.750 bits per heavy atom. The molecule has 55 valence electrons. The summed E-state index contributed by atoms with van der Waals surface area (Å²) in [6, 6.07) is 0. The first-order valence-corrected chi connectivity index (χ1v) is 0.756. The number of hydrogen-bond acceptors (Lipinski definition) is 0. The molecule has 0 saturated heterocycles. The molecule has 0 atom stereocenters. The van der Waals surface area contributed by atoms with Crippen LogP contribution in [0.25, 0.3) is 0 Å². The van der Waals surface area contributed by atoms with Gasteiger partial charge in [0.2, 0.25) is 0 Å². The van der Waals surface area contributed by atoms with Crippen molar-refractivity contribution in [2.24, 2.45) is 0 Å². The number of hydrogen-bond donors (Lipinski definition) is 0. The van der Waals surface area contributed by atoms with E-state index >= 15 is 0 Å². The summed E-state index contributed by atoms with van der Waals surface area (Å²) >= 11 is 0. The quantitative estimate of drug-likeness (QED) is 0.333. The Balaban J connectivity index is -0.0000000267. The summed E-state index contributed by atoms with van der Waals surface area (Å²) in [5, 5.41) is 0. The van der Waals surface area contributed by atoms with Crippen molar-refractivity contribution in [1.82, 2.24) is 0 Å². The fourth-order valence-electron chi connectivity index (χ4n) is 0. The van der Waals surface area contributed by atoms with E-state index in [4.69, 9.17) is 0 Å². The molecule has 0 spiro atoms. The second-order valence-corrected chi connectivity index (χ2v) is 0.429. The zero-order chi connectivity index (χ0) is 4.50. The van der Waals surface area contributed by atoms with Gasteiger partial charge in [-0.2, -0.15) is 0 Å². The molecular weight excluding hydrogens is 185 g/mol. The van der Waals surface area contributed by atoms with Gasteiger partial charge in [0, 0.05) is 0 Å². The minimum atomic E-state index is -5.50. The third kappa shape index (κ3) is 21000. The molecule has 0 aromatic carbocycles. The van der Waals surface area contributed by atoms with Gasteiger partial charge in [-0.15, -0.1) is 17.6 Å².